The van der Waals surface area contributed by atoms with Crippen LogP contribution in [0.4, 0.5) is 5.82 Å². The normalized spacial score (nSPS) is 12.0. The van der Waals surface area contributed by atoms with Crippen molar-refractivity contribution in [2.45, 2.75) is 26.2 Å². The maximum absolute atomic E-state index is 11.6. The van der Waals surface area contributed by atoms with Crippen molar-refractivity contribution in [2.24, 2.45) is 0 Å². The maximum Gasteiger partial charge on any atom is 0.254 e. The lowest BCUT2D eigenvalue weighted by Crippen LogP contribution is -2.21. The molecule has 0 aliphatic heterocycles. The van der Waals surface area contributed by atoms with Crippen LogP contribution in [-0.4, -0.2) is 30.2 Å². The van der Waals surface area contributed by atoms with Gasteiger partial charge in [-0.3, -0.25) is 4.79 Å². The van der Waals surface area contributed by atoms with Crippen molar-refractivity contribution in [3.05, 3.63) is 17.3 Å². The van der Waals surface area contributed by atoms with E-state index in [2.05, 4.69) is 34.7 Å². The number of hydrogen-bond acceptors (Lipinski definition) is 4. The van der Waals surface area contributed by atoms with E-state index < -0.39 is 0 Å². The van der Waals surface area contributed by atoms with Crippen LogP contribution in [0.3, 0.4) is 0 Å². The molecular weight excluding hydrogens is 204 g/mol. The van der Waals surface area contributed by atoms with Crippen molar-refractivity contribution in [3.63, 3.8) is 0 Å². The van der Waals surface area contributed by atoms with Gasteiger partial charge in [0.15, 0.2) is 5.82 Å². The zero-order valence-corrected chi connectivity index (χ0v) is 10.2. The van der Waals surface area contributed by atoms with Crippen molar-refractivity contribution in [1.82, 2.24) is 15.5 Å². The lowest BCUT2D eigenvalue weighted by Gasteiger charge is -2.11. The number of nitrogens with one attached hydrogen (secondary N) is 2. The molecule has 0 spiro atoms. The van der Waals surface area contributed by atoms with Gasteiger partial charge in [0.1, 0.15) is 0 Å². The van der Waals surface area contributed by atoms with Gasteiger partial charge in [-0.25, -0.2) is 0 Å². The van der Waals surface area contributed by atoms with Gasteiger partial charge in [0.2, 0.25) is 0 Å². The van der Waals surface area contributed by atoms with Crippen molar-refractivity contribution in [1.29, 1.82) is 0 Å². The van der Waals surface area contributed by atoms with Crippen molar-refractivity contribution in [2.75, 3.05) is 19.4 Å². The zero-order chi connectivity index (χ0) is 12.1. The average molecular weight is 222 g/mol. The summed E-state index contributed by atoms with van der Waals surface area (Å²) < 4.78 is 0. The van der Waals surface area contributed by atoms with E-state index in [9.17, 15) is 4.79 Å². The molecule has 16 heavy (non-hydrogen) atoms. The number of amides is 1. The van der Waals surface area contributed by atoms with Crippen LogP contribution in [0.1, 0.15) is 42.2 Å². The Hall–Kier alpha value is -1.65. The summed E-state index contributed by atoms with van der Waals surface area (Å²) in [5.41, 5.74) is 1.38. The molecule has 1 heterocycles. The van der Waals surface area contributed by atoms with Crippen molar-refractivity contribution >= 4 is 11.7 Å². The molecule has 2 N–H and O–H groups in total. The monoisotopic (exact) mass is 222 g/mol. The maximum atomic E-state index is 11.6. The summed E-state index contributed by atoms with van der Waals surface area (Å²) in [5, 5.41) is 13.6. The fourth-order valence-electron chi connectivity index (χ4n) is 1.35. The molecule has 0 aromatic carbocycles. The molecule has 0 bridgehead atoms. The van der Waals surface area contributed by atoms with E-state index in [-0.39, 0.29) is 5.91 Å². The first-order valence-corrected chi connectivity index (χ1v) is 5.41. The number of aromatic nitrogens is 2. The molecule has 0 saturated heterocycles. The van der Waals surface area contributed by atoms with Gasteiger partial charge in [0.25, 0.3) is 5.91 Å². The number of carbonyl (C=O) groups excluding carboxylic acids is 1. The Bertz CT molecular complexity index is 378. The molecule has 0 aliphatic carbocycles. The van der Waals surface area contributed by atoms with Crippen LogP contribution in [0.2, 0.25) is 0 Å². The molecule has 1 aromatic rings. The summed E-state index contributed by atoms with van der Waals surface area (Å²) >= 11 is 0. The number of hydrogen-bond donors (Lipinski definition) is 2. The van der Waals surface area contributed by atoms with Gasteiger partial charge in [0.05, 0.1) is 11.3 Å². The lowest BCUT2D eigenvalue weighted by molar-refractivity contribution is 0.0963. The molecule has 1 rings (SSSR count). The second-order valence-electron chi connectivity index (χ2n) is 3.67. The van der Waals surface area contributed by atoms with Gasteiger partial charge in [-0.2, -0.15) is 5.10 Å². The highest BCUT2D eigenvalue weighted by Gasteiger charge is 2.14. The van der Waals surface area contributed by atoms with E-state index in [4.69, 9.17) is 0 Å². The van der Waals surface area contributed by atoms with E-state index in [1.165, 1.54) is 0 Å². The summed E-state index contributed by atoms with van der Waals surface area (Å²) in [7, 11) is 3.32. The molecule has 1 amide bonds. The number of rotatable bonds is 4. The molecule has 1 unspecified atom stereocenters. The molecule has 1 aromatic heterocycles. The highest BCUT2D eigenvalue weighted by molar-refractivity contribution is 5.98. The van der Waals surface area contributed by atoms with E-state index >= 15 is 0 Å². The molecule has 1 atom stereocenters. The van der Waals surface area contributed by atoms with Crippen LogP contribution in [0.25, 0.3) is 0 Å². The largest absolute Gasteiger partial charge is 0.371 e. The Kier molecular flexibility index (Phi) is 4.22. The smallest absolute Gasteiger partial charge is 0.254 e. The number of carbonyl (C=O) groups is 1. The predicted octanol–water partition coefficient (Wildman–Crippen LogP) is 1.39. The van der Waals surface area contributed by atoms with Gasteiger partial charge < -0.3 is 10.6 Å². The van der Waals surface area contributed by atoms with Crippen LogP contribution in [0.15, 0.2) is 6.07 Å². The van der Waals surface area contributed by atoms with Crippen LogP contribution in [0, 0.1) is 0 Å². The Balaban J connectivity index is 3.16. The van der Waals surface area contributed by atoms with Gasteiger partial charge in [0, 0.05) is 14.1 Å². The summed E-state index contributed by atoms with van der Waals surface area (Å²) in [6, 6.07) is 1.80. The lowest BCUT2D eigenvalue weighted by atomic mass is 10.0. The van der Waals surface area contributed by atoms with Gasteiger partial charge in [-0.1, -0.05) is 13.8 Å². The van der Waals surface area contributed by atoms with E-state index in [1.807, 2.05) is 0 Å². The van der Waals surface area contributed by atoms with E-state index in [0.717, 1.165) is 12.1 Å². The van der Waals surface area contributed by atoms with Gasteiger partial charge in [-0.15, -0.1) is 5.10 Å². The van der Waals surface area contributed by atoms with Crippen molar-refractivity contribution < 1.29 is 4.79 Å². The minimum Gasteiger partial charge on any atom is -0.371 e. The molecule has 0 fully saturated rings. The third-order valence-electron chi connectivity index (χ3n) is 2.64. The summed E-state index contributed by atoms with van der Waals surface area (Å²) in [4.78, 5) is 11.6. The highest BCUT2D eigenvalue weighted by atomic mass is 16.1. The molecule has 88 valence electrons. The number of nitrogens with zero attached hydrogens (tertiary/aromatic N) is 2. The van der Waals surface area contributed by atoms with Crippen LogP contribution >= 0.6 is 0 Å². The summed E-state index contributed by atoms with van der Waals surface area (Å²) in [6.45, 7) is 4.15. The quantitative estimate of drug-likeness (QED) is 0.808. The molecule has 5 nitrogen and oxygen atoms in total. The fourth-order valence-corrected chi connectivity index (χ4v) is 1.35. The van der Waals surface area contributed by atoms with Gasteiger partial charge in [-0.05, 0) is 18.4 Å². The SMILES string of the molecule is CCC(C)c1cc(C(=O)NC)c(NC)nn1. The Morgan fingerprint density at radius 3 is 2.62 bits per heavy atom. The molecule has 5 heteroatoms. The first-order chi connectivity index (χ1) is 7.63. The molecule has 0 aliphatic rings. The first-order valence-electron chi connectivity index (χ1n) is 5.41. The van der Waals surface area contributed by atoms with Crippen LogP contribution in [0.5, 0.6) is 0 Å². The summed E-state index contributed by atoms with van der Waals surface area (Å²) in [6.07, 6.45) is 0.973. The van der Waals surface area contributed by atoms with E-state index in [0.29, 0.717) is 17.3 Å². The third-order valence-corrected chi connectivity index (χ3v) is 2.64. The Morgan fingerprint density at radius 1 is 1.44 bits per heavy atom. The van der Waals surface area contributed by atoms with Gasteiger partial charge >= 0.3 is 0 Å². The Morgan fingerprint density at radius 2 is 2.12 bits per heavy atom. The second kappa shape index (κ2) is 5.44. The van der Waals surface area contributed by atoms with Crippen LogP contribution < -0.4 is 10.6 Å². The Labute approximate surface area is 95.7 Å². The zero-order valence-electron chi connectivity index (χ0n) is 10.2. The predicted molar refractivity (Wildman–Crippen MR) is 63.7 cm³/mol. The number of anilines is 1. The molecule has 0 radical (unpaired) electrons. The van der Waals surface area contributed by atoms with E-state index in [1.54, 1.807) is 20.2 Å². The molecular formula is C11H18N4O. The standard InChI is InChI=1S/C11H18N4O/c1-5-7(2)9-6-8(11(16)13-4)10(12-3)15-14-9/h6-7H,5H2,1-4H3,(H,12,15)(H,13,16). The third kappa shape index (κ3) is 2.48. The summed E-state index contributed by atoms with van der Waals surface area (Å²) in [5.74, 6) is 0.664. The second-order valence-corrected chi connectivity index (χ2v) is 3.67. The topological polar surface area (TPSA) is 66.9 Å². The minimum atomic E-state index is -0.149. The average Bonchev–Trinajstić information content (AvgIpc) is 2.35. The van der Waals surface area contributed by atoms with Crippen molar-refractivity contribution in [3.8, 4) is 0 Å². The first kappa shape index (κ1) is 12.4. The fraction of sp³-hybridized carbons (Fsp3) is 0.545. The highest BCUT2D eigenvalue weighted by Crippen LogP contribution is 2.19. The minimum absolute atomic E-state index is 0.149. The van der Waals surface area contributed by atoms with Crippen LogP contribution in [-0.2, 0) is 0 Å². The molecule has 0 saturated carbocycles.